The molecule has 1 N–H and O–H groups in total. The molecule has 0 spiro atoms. The molecule has 2 heterocycles. The summed E-state index contributed by atoms with van der Waals surface area (Å²) in [6.07, 6.45) is 3.76. The first-order chi connectivity index (χ1) is 17.1. The van der Waals surface area contributed by atoms with Gasteiger partial charge >= 0.3 is 0 Å². The van der Waals surface area contributed by atoms with Crippen molar-refractivity contribution < 1.29 is 19.5 Å². The van der Waals surface area contributed by atoms with E-state index in [1.165, 1.54) is 12.0 Å². The van der Waals surface area contributed by atoms with E-state index in [9.17, 15) is 14.7 Å². The number of carbonyl (C=O) groups is 2. The van der Waals surface area contributed by atoms with Crippen LogP contribution in [0, 0.1) is 0 Å². The lowest BCUT2D eigenvalue weighted by atomic mass is 10.0. The number of aliphatic hydroxyl groups is 1. The number of nitrogens with zero attached hydrogens (tertiary/aromatic N) is 4. The van der Waals surface area contributed by atoms with Crippen molar-refractivity contribution in [3.8, 4) is 11.1 Å². The zero-order valence-corrected chi connectivity index (χ0v) is 19.6. The van der Waals surface area contributed by atoms with E-state index >= 15 is 0 Å². The predicted octanol–water partition coefficient (Wildman–Crippen LogP) is 2.99. The molecule has 0 aliphatic carbocycles. The summed E-state index contributed by atoms with van der Waals surface area (Å²) in [5.41, 5.74) is 3.95. The molecule has 2 aromatic carbocycles. The normalized spacial score (nSPS) is 16.3. The Morgan fingerprint density at radius 1 is 1.09 bits per heavy atom. The number of hydrogen-bond donors (Lipinski definition) is 1. The molecular weight excluding hydrogens is 444 g/mol. The summed E-state index contributed by atoms with van der Waals surface area (Å²) in [6, 6.07) is 19.9. The molecule has 3 aromatic rings. The predicted molar refractivity (Wildman–Crippen MR) is 133 cm³/mol. The number of oxime groups is 1. The molecule has 8 heteroatoms. The van der Waals surface area contributed by atoms with E-state index in [1.54, 1.807) is 29.4 Å². The third-order valence-electron chi connectivity index (χ3n) is 5.95. The monoisotopic (exact) mass is 472 g/mol. The van der Waals surface area contributed by atoms with Crippen molar-refractivity contribution in [2.45, 2.75) is 19.0 Å². The van der Waals surface area contributed by atoms with Gasteiger partial charge in [0, 0.05) is 37.5 Å². The molecule has 0 radical (unpaired) electrons. The second-order valence-corrected chi connectivity index (χ2v) is 8.28. The van der Waals surface area contributed by atoms with Crippen molar-refractivity contribution in [3.05, 3.63) is 90.3 Å². The average Bonchev–Trinajstić information content (AvgIpc) is 3.33. The van der Waals surface area contributed by atoms with Crippen molar-refractivity contribution in [1.82, 2.24) is 14.8 Å². The van der Waals surface area contributed by atoms with Crippen LogP contribution >= 0.6 is 0 Å². The zero-order chi connectivity index (χ0) is 24.6. The number of carbonyl (C=O) groups excluding carboxylic acids is 2. The molecule has 35 heavy (non-hydrogen) atoms. The molecule has 4 rings (SSSR count). The molecule has 1 aliphatic heterocycles. The largest absolute Gasteiger partial charge is 0.399 e. The van der Waals surface area contributed by atoms with Gasteiger partial charge in [-0.25, -0.2) is 0 Å². The summed E-state index contributed by atoms with van der Waals surface area (Å²) in [5.74, 6) is -0.490. The Kier molecular flexibility index (Phi) is 7.84. The number of hydrogen-bond acceptors (Lipinski definition) is 6. The fourth-order valence-corrected chi connectivity index (χ4v) is 4.24. The first-order valence-corrected chi connectivity index (χ1v) is 11.4. The van der Waals surface area contributed by atoms with Crippen LogP contribution in [0.4, 0.5) is 0 Å². The van der Waals surface area contributed by atoms with Crippen LogP contribution in [-0.2, 0) is 16.2 Å². The van der Waals surface area contributed by atoms with Gasteiger partial charge in [-0.05, 0) is 34.9 Å². The van der Waals surface area contributed by atoms with E-state index in [4.69, 9.17) is 4.84 Å². The summed E-state index contributed by atoms with van der Waals surface area (Å²) >= 11 is 0. The number of rotatable bonds is 8. The van der Waals surface area contributed by atoms with E-state index in [0.29, 0.717) is 17.8 Å². The van der Waals surface area contributed by atoms with Crippen molar-refractivity contribution in [3.63, 3.8) is 0 Å². The molecule has 0 bridgehead atoms. The molecule has 8 nitrogen and oxygen atoms in total. The van der Waals surface area contributed by atoms with Crippen LogP contribution in [0.15, 0.2) is 84.3 Å². The first-order valence-electron chi connectivity index (χ1n) is 11.4. The Bertz CT molecular complexity index is 1170. The van der Waals surface area contributed by atoms with Gasteiger partial charge in [0.15, 0.2) is 0 Å². The number of benzene rings is 2. The molecule has 1 saturated heterocycles. The van der Waals surface area contributed by atoms with Crippen LogP contribution in [0.25, 0.3) is 11.1 Å². The third kappa shape index (κ3) is 5.73. The van der Waals surface area contributed by atoms with Crippen molar-refractivity contribution in [1.29, 1.82) is 0 Å². The van der Waals surface area contributed by atoms with E-state index in [1.807, 2.05) is 54.6 Å². The molecule has 1 atom stereocenters. The Morgan fingerprint density at radius 2 is 1.86 bits per heavy atom. The van der Waals surface area contributed by atoms with Crippen LogP contribution in [0.5, 0.6) is 0 Å². The van der Waals surface area contributed by atoms with Gasteiger partial charge in [-0.2, -0.15) is 0 Å². The summed E-state index contributed by atoms with van der Waals surface area (Å²) in [7, 11) is 1.44. The van der Waals surface area contributed by atoms with Gasteiger partial charge in [0.1, 0.15) is 13.2 Å². The molecule has 180 valence electrons. The van der Waals surface area contributed by atoms with Crippen molar-refractivity contribution in [2.75, 3.05) is 26.8 Å². The van der Waals surface area contributed by atoms with Gasteiger partial charge in [0.2, 0.25) is 5.91 Å². The SMILES string of the molecule is CO/N=C1\C[C@@H](C(=O)N(CCO)Cc2ccccc2)N(C(=O)c2ccc(-c3cccnc3)cc2)C1. The lowest BCUT2D eigenvalue weighted by molar-refractivity contribution is -0.136. The quantitative estimate of drug-likeness (QED) is 0.509. The number of aliphatic hydroxyl groups excluding tert-OH is 1. The summed E-state index contributed by atoms with van der Waals surface area (Å²) in [6.45, 7) is 0.540. The maximum Gasteiger partial charge on any atom is 0.254 e. The Balaban J connectivity index is 1.57. The summed E-state index contributed by atoms with van der Waals surface area (Å²) in [5, 5.41) is 13.6. The molecule has 0 saturated carbocycles. The van der Waals surface area contributed by atoms with Gasteiger partial charge in [-0.1, -0.05) is 53.7 Å². The van der Waals surface area contributed by atoms with Crippen LogP contribution in [0.3, 0.4) is 0 Å². The molecule has 1 aromatic heterocycles. The smallest absolute Gasteiger partial charge is 0.254 e. The standard InChI is InChI=1S/C27H28N4O4/c1-35-29-24-16-25(27(34)30(14-15-32)18-20-6-3-2-4-7-20)31(19-24)26(33)22-11-9-21(10-12-22)23-8-5-13-28-17-23/h2-13,17,25,32H,14-16,18-19H2,1H3/b29-24+/t25-/m0/s1. The van der Waals surface area contributed by atoms with Gasteiger partial charge in [-0.15, -0.1) is 0 Å². The molecule has 0 unspecified atom stereocenters. The van der Waals surface area contributed by atoms with Crippen molar-refractivity contribution >= 4 is 17.5 Å². The lowest BCUT2D eigenvalue weighted by Crippen LogP contribution is -2.48. The van der Waals surface area contributed by atoms with Gasteiger partial charge in [0.25, 0.3) is 5.91 Å². The summed E-state index contributed by atoms with van der Waals surface area (Å²) in [4.78, 5) is 39.3. The second kappa shape index (κ2) is 11.4. The fourth-order valence-electron chi connectivity index (χ4n) is 4.24. The Morgan fingerprint density at radius 3 is 2.51 bits per heavy atom. The van der Waals surface area contributed by atoms with Gasteiger partial charge in [0.05, 0.1) is 18.9 Å². The highest BCUT2D eigenvalue weighted by Crippen LogP contribution is 2.24. The average molecular weight is 473 g/mol. The first kappa shape index (κ1) is 24.1. The van der Waals surface area contributed by atoms with Gasteiger partial charge in [-0.3, -0.25) is 14.6 Å². The minimum Gasteiger partial charge on any atom is -0.399 e. The second-order valence-electron chi connectivity index (χ2n) is 8.28. The zero-order valence-electron chi connectivity index (χ0n) is 19.6. The molecular formula is C27H28N4O4. The van der Waals surface area contributed by atoms with E-state index in [0.717, 1.165) is 16.7 Å². The van der Waals surface area contributed by atoms with Crippen LogP contribution in [0.2, 0.25) is 0 Å². The Labute approximate surface area is 204 Å². The topological polar surface area (TPSA) is 95.3 Å². The van der Waals surface area contributed by atoms with Crippen LogP contribution in [-0.4, -0.2) is 70.3 Å². The number of likely N-dealkylation sites (tertiary alicyclic amines) is 1. The van der Waals surface area contributed by atoms with Crippen LogP contribution < -0.4 is 0 Å². The van der Waals surface area contributed by atoms with E-state index in [-0.39, 0.29) is 37.9 Å². The number of aromatic nitrogens is 1. The summed E-state index contributed by atoms with van der Waals surface area (Å²) < 4.78 is 0. The minimum atomic E-state index is -0.732. The van der Waals surface area contributed by atoms with Crippen LogP contribution in [0.1, 0.15) is 22.3 Å². The van der Waals surface area contributed by atoms with E-state index in [2.05, 4.69) is 10.1 Å². The fraction of sp³-hybridized carbons (Fsp3) is 0.259. The highest BCUT2D eigenvalue weighted by atomic mass is 16.6. The molecule has 1 aliphatic rings. The maximum atomic E-state index is 13.6. The minimum absolute atomic E-state index is 0.169. The molecule has 1 fully saturated rings. The molecule has 2 amide bonds. The maximum absolute atomic E-state index is 13.6. The van der Waals surface area contributed by atoms with Gasteiger partial charge < -0.3 is 19.7 Å². The highest BCUT2D eigenvalue weighted by molar-refractivity contribution is 6.05. The van der Waals surface area contributed by atoms with E-state index < -0.39 is 6.04 Å². The highest BCUT2D eigenvalue weighted by Gasteiger charge is 2.40. The Hall–Kier alpha value is -4.04. The lowest BCUT2D eigenvalue weighted by Gasteiger charge is -2.30. The third-order valence-corrected chi connectivity index (χ3v) is 5.95. The number of amides is 2. The number of pyridine rings is 1. The van der Waals surface area contributed by atoms with Crippen molar-refractivity contribution in [2.24, 2.45) is 5.16 Å².